The summed E-state index contributed by atoms with van der Waals surface area (Å²) in [4.78, 5) is 0. The number of hydrogen-bond donors (Lipinski definition) is 0. The Morgan fingerprint density at radius 2 is 1.76 bits per heavy atom. The van der Waals surface area contributed by atoms with E-state index in [2.05, 4.69) is 0 Å². The minimum atomic E-state index is -2.97. The van der Waals surface area contributed by atoms with Crippen LogP contribution in [0, 0.1) is 5.41 Å². The highest BCUT2D eigenvalue weighted by atomic mass is 35.5. The number of rotatable bonds is 2. The Morgan fingerprint density at radius 3 is 2.29 bits per heavy atom. The summed E-state index contributed by atoms with van der Waals surface area (Å²) in [6.45, 7) is 4.99. The summed E-state index contributed by atoms with van der Waals surface area (Å²) >= 11 is 5.79. The highest BCUT2D eigenvalue weighted by Gasteiger charge is 2.36. The van der Waals surface area contributed by atoms with E-state index in [4.69, 9.17) is 20.6 Å². The van der Waals surface area contributed by atoms with Crippen LogP contribution in [-0.2, 0) is 19.8 Å². The van der Waals surface area contributed by atoms with Gasteiger partial charge in [-0.2, -0.15) is 0 Å². The molecular formula is C12H16ClO3P. The van der Waals surface area contributed by atoms with Crippen molar-refractivity contribution in [2.24, 2.45) is 5.41 Å². The molecule has 17 heavy (non-hydrogen) atoms. The van der Waals surface area contributed by atoms with Gasteiger partial charge in [-0.3, -0.25) is 4.57 Å². The number of benzene rings is 1. The normalized spacial score (nSPS) is 22.3. The molecule has 2 rings (SSSR count). The first-order valence-corrected chi connectivity index (χ1v) is 7.62. The molecule has 0 bridgehead atoms. The van der Waals surface area contributed by atoms with Gasteiger partial charge in [-0.1, -0.05) is 37.6 Å². The van der Waals surface area contributed by atoms with Crippen molar-refractivity contribution < 1.29 is 13.6 Å². The first kappa shape index (κ1) is 13.1. The van der Waals surface area contributed by atoms with Crippen molar-refractivity contribution in [1.29, 1.82) is 0 Å². The highest BCUT2D eigenvalue weighted by Crippen LogP contribution is 2.56. The summed E-state index contributed by atoms with van der Waals surface area (Å²) in [5.74, 6) is 0. The van der Waals surface area contributed by atoms with Crippen molar-refractivity contribution in [1.82, 2.24) is 0 Å². The molecule has 0 radical (unpaired) electrons. The third kappa shape index (κ3) is 3.56. The third-order valence-corrected chi connectivity index (χ3v) is 4.64. The average Bonchev–Trinajstić information content (AvgIpc) is 2.27. The lowest BCUT2D eigenvalue weighted by atomic mass is 9.97. The molecule has 0 aliphatic carbocycles. The van der Waals surface area contributed by atoms with E-state index in [1.807, 2.05) is 26.0 Å². The van der Waals surface area contributed by atoms with Crippen LogP contribution in [0.3, 0.4) is 0 Å². The quantitative estimate of drug-likeness (QED) is 0.762. The Labute approximate surface area is 107 Å². The summed E-state index contributed by atoms with van der Waals surface area (Å²) in [6.07, 6.45) is 0.306. The van der Waals surface area contributed by atoms with Gasteiger partial charge in [0.05, 0.1) is 19.4 Å². The largest absolute Gasteiger partial charge is 0.335 e. The monoisotopic (exact) mass is 274 g/mol. The molecule has 0 spiro atoms. The predicted molar refractivity (Wildman–Crippen MR) is 68.4 cm³/mol. The molecule has 1 aliphatic heterocycles. The maximum atomic E-state index is 12.3. The first-order valence-electron chi connectivity index (χ1n) is 5.51. The van der Waals surface area contributed by atoms with Gasteiger partial charge in [-0.25, -0.2) is 0 Å². The molecule has 0 unspecified atom stereocenters. The molecule has 1 aromatic rings. The average molecular weight is 275 g/mol. The smallest absolute Gasteiger partial charge is 0.308 e. The fourth-order valence-electron chi connectivity index (χ4n) is 1.53. The van der Waals surface area contributed by atoms with E-state index in [0.717, 1.165) is 5.56 Å². The molecule has 0 aromatic heterocycles. The summed E-state index contributed by atoms with van der Waals surface area (Å²) < 4.78 is 23.1. The zero-order valence-corrected chi connectivity index (χ0v) is 11.6. The van der Waals surface area contributed by atoms with Crippen LogP contribution in [0.15, 0.2) is 24.3 Å². The lowest BCUT2D eigenvalue weighted by Gasteiger charge is -2.34. The molecule has 3 nitrogen and oxygen atoms in total. The Morgan fingerprint density at radius 1 is 1.24 bits per heavy atom. The summed E-state index contributed by atoms with van der Waals surface area (Å²) in [5, 5.41) is 0.665. The second kappa shape index (κ2) is 4.74. The van der Waals surface area contributed by atoms with E-state index < -0.39 is 7.60 Å². The first-order chi connectivity index (χ1) is 7.89. The van der Waals surface area contributed by atoms with Crippen LogP contribution >= 0.6 is 19.2 Å². The molecule has 0 N–H and O–H groups in total. The third-order valence-electron chi connectivity index (χ3n) is 2.59. The van der Waals surface area contributed by atoms with Crippen molar-refractivity contribution in [3.05, 3.63) is 34.9 Å². The number of hydrogen-bond acceptors (Lipinski definition) is 3. The Bertz CT molecular complexity index is 428. The molecule has 1 fully saturated rings. The highest BCUT2D eigenvalue weighted by molar-refractivity contribution is 7.53. The SMILES string of the molecule is CC1(C)COP(=O)(Cc2ccc(Cl)cc2)OC1. The standard InChI is InChI=1S/C12H16ClO3P/c1-12(2)8-15-17(14,16-9-12)7-10-3-5-11(13)6-4-10/h3-6H,7-9H2,1-2H3. The molecule has 1 heterocycles. The van der Waals surface area contributed by atoms with Gasteiger partial charge in [0, 0.05) is 10.4 Å². The van der Waals surface area contributed by atoms with E-state index in [1.165, 1.54) is 0 Å². The summed E-state index contributed by atoms with van der Waals surface area (Å²) in [6, 6.07) is 7.23. The zero-order valence-electron chi connectivity index (χ0n) is 9.98. The van der Waals surface area contributed by atoms with Gasteiger partial charge in [-0.05, 0) is 17.7 Å². The van der Waals surface area contributed by atoms with Crippen LogP contribution in [0.1, 0.15) is 19.4 Å². The fraction of sp³-hybridized carbons (Fsp3) is 0.500. The van der Waals surface area contributed by atoms with Crippen molar-refractivity contribution >= 4 is 19.2 Å². The van der Waals surface area contributed by atoms with Crippen molar-refractivity contribution in [2.75, 3.05) is 13.2 Å². The minimum Gasteiger partial charge on any atom is -0.308 e. The molecule has 0 atom stereocenters. The van der Waals surface area contributed by atoms with Gasteiger partial charge in [0.15, 0.2) is 0 Å². The molecule has 0 saturated carbocycles. The second-order valence-electron chi connectivity index (χ2n) is 5.11. The molecule has 1 aromatic carbocycles. The summed E-state index contributed by atoms with van der Waals surface area (Å²) in [7, 11) is -2.97. The molecular weight excluding hydrogens is 259 g/mol. The lowest BCUT2D eigenvalue weighted by molar-refractivity contribution is 0.0409. The van der Waals surface area contributed by atoms with Crippen molar-refractivity contribution in [3.8, 4) is 0 Å². The van der Waals surface area contributed by atoms with Crippen LogP contribution in [0.4, 0.5) is 0 Å². The van der Waals surface area contributed by atoms with E-state index in [1.54, 1.807) is 12.1 Å². The van der Waals surface area contributed by atoms with Crippen LogP contribution in [0.5, 0.6) is 0 Å². The maximum Gasteiger partial charge on any atom is 0.335 e. The molecule has 1 aliphatic rings. The van der Waals surface area contributed by atoms with E-state index >= 15 is 0 Å². The minimum absolute atomic E-state index is 0.0616. The lowest BCUT2D eigenvalue weighted by Crippen LogP contribution is -2.29. The molecule has 1 saturated heterocycles. The van der Waals surface area contributed by atoms with E-state index in [-0.39, 0.29) is 5.41 Å². The Kier molecular flexibility index (Phi) is 3.65. The Balaban J connectivity index is 2.04. The van der Waals surface area contributed by atoms with Gasteiger partial charge in [0.25, 0.3) is 0 Å². The van der Waals surface area contributed by atoms with Gasteiger partial charge in [-0.15, -0.1) is 0 Å². The van der Waals surface area contributed by atoms with E-state index in [9.17, 15) is 4.57 Å². The van der Waals surface area contributed by atoms with Crippen molar-refractivity contribution in [2.45, 2.75) is 20.0 Å². The van der Waals surface area contributed by atoms with Crippen LogP contribution in [0.2, 0.25) is 5.02 Å². The van der Waals surface area contributed by atoms with Gasteiger partial charge in [0.1, 0.15) is 0 Å². The van der Waals surface area contributed by atoms with Gasteiger partial charge in [0.2, 0.25) is 0 Å². The molecule has 5 heteroatoms. The zero-order chi connectivity index (χ0) is 12.5. The molecule has 0 amide bonds. The number of halogens is 1. The molecule has 94 valence electrons. The summed E-state index contributed by atoms with van der Waals surface area (Å²) in [5.41, 5.74) is 0.853. The topological polar surface area (TPSA) is 35.5 Å². The van der Waals surface area contributed by atoms with Crippen LogP contribution < -0.4 is 0 Å². The van der Waals surface area contributed by atoms with Crippen LogP contribution in [0.25, 0.3) is 0 Å². The second-order valence-corrected chi connectivity index (χ2v) is 7.60. The fourth-order valence-corrected chi connectivity index (χ4v) is 3.66. The van der Waals surface area contributed by atoms with Gasteiger partial charge >= 0.3 is 7.60 Å². The van der Waals surface area contributed by atoms with Crippen LogP contribution in [-0.4, -0.2) is 13.2 Å². The Hall–Kier alpha value is -0.340. The predicted octanol–water partition coefficient (Wildman–Crippen LogP) is 4.11. The van der Waals surface area contributed by atoms with Gasteiger partial charge < -0.3 is 9.05 Å². The van der Waals surface area contributed by atoms with E-state index in [0.29, 0.717) is 24.4 Å². The van der Waals surface area contributed by atoms with Crippen molar-refractivity contribution in [3.63, 3.8) is 0 Å². The maximum absolute atomic E-state index is 12.3.